The normalized spacial score (nSPS) is 42.2. The molecule has 3 heteroatoms. The van der Waals surface area contributed by atoms with Gasteiger partial charge in [0.15, 0.2) is 0 Å². The maximum Gasteiger partial charge on any atom is 0.133 e. The summed E-state index contributed by atoms with van der Waals surface area (Å²) in [5, 5.41) is 6.81. The van der Waals surface area contributed by atoms with Gasteiger partial charge in [-0.25, -0.2) is 0 Å². The van der Waals surface area contributed by atoms with Crippen LogP contribution in [0.25, 0.3) is 0 Å². The third-order valence-corrected chi connectivity index (χ3v) is 2.88. The highest BCUT2D eigenvalue weighted by atomic mass is 16.5. The van der Waals surface area contributed by atoms with Crippen molar-refractivity contribution in [3.05, 3.63) is 0 Å². The number of hydrogen-bond acceptors (Lipinski definition) is 3. The van der Waals surface area contributed by atoms with Crippen molar-refractivity contribution in [1.29, 1.82) is 0 Å². The van der Waals surface area contributed by atoms with Gasteiger partial charge in [0.05, 0.1) is 6.10 Å². The molecule has 1 spiro atoms. The van der Waals surface area contributed by atoms with E-state index in [4.69, 9.17) is 4.74 Å². The first-order chi connectivity index (χ1) is 5.85. The van der Waals surface area contributed by atoms with Crippen LogP contribution in [0.1, 0.15) is 26.2 Å². The summed E-state index contributed by atoms with van der Waals surface area (Å²) in [7, 11) is 0. The van der Waals surface area contributed by atoms with Crippen LogP contribution in [-0.4, -0.2) is 31.5 Å². The van der Waals surface area contributed by atoms with Crippen LogP contribution in [0, 0.1) is 0 Å². The SMILES string of the molecule is CCC1CCNC2(CCNC2)O1. The lowest BCUT2D eigenvalue weighted by Crippen LogP contribution is -2.55. The van der Waals surface area contributed by atoms with E-state index in [1.165, 1.54) is 0 Å². The zero-order valence-electron chi connectivity index (χ0n) is 7.73. The third-order valence-electron chi connectivity index (χ3n) is 2.88. The van der Waals surface area contributed by atoms with Gasteiger partial charge in [-0.3, -0.25) is 5.32 Å². The molecule has 2 N–H and O–H groups in total. The average molecular weight is 170 g/mol. The summed E-state index contributed by atoms with van der Waals surface area (Å²) < 4.78 is 6.01. The molecular weight excluding hydrogens is 152 g/mol. The largest absolute Gasteiger partial charge is 0.356 e. The molecule has 2 saturated heterocycles. The Morgan fingerprint density at radius 1 is 1.50 bits per heavy atom. The van der Waals surface area contributed by atoms with Crippen molar-refractivity contribution in [2.24, 2.45) is 0 Å². The molecule has 0 aromatic carbocycles. The number of ether oxygens (including phenoxy) is 1. The van der Waals surface area contributed by atoms with Crippen LogP contribution in [0.4, 0.5) is 0 Å². The molecule has 0 radical (unpaired) electrons. The zero-order chi connectivity index (χ0) is 8.44. The molecule has 0 aromatic rings. The van der Waals surface area contributed by atoms with Gasteiger partial charge < -0.3 is 10.1 Å². The molecular formula is C9H18N2O. The number of nitrogens with one attached hydrogen (secondary N) is 2. The van der Waals surface area contributed by atoms with E-state index in [9.17, 15) is 0 Å². The summed E-state index contributed by atoms with van der Waals surface area (Å²) in [4.78, 5) is 0. The van der Waals surface area contributed by atoms with E-state index >= 15 is 0 Å². The molecule has 12 heavy (non-hydrogen) atoms. The zero-order valence-corrected chi connectivity index (χ0v) is 7.73. The van der Waals surface area contributed by atoms with Gasteiger partial charge in [-0.15, -0.1) is 0 Å². The topological polar surface area (TPSA) is 33.3 Å². The van der Waals surface area contributed by atoms with Crippen LogP contribution >= 0.6 is 0 Å². The summed E-state index contributed by atoms with van der Waals surface area (Å²) in [5.74, 6) is 0. The Bertz CT molecular complexity index is 155. The molecule has 0 amide bonds. The van der Waals surface area contributed by atoms with Crippen molar-refractivity contribution >= 4 is 0 Å². The fourth-order valence-electron chi connectivity index (χ4n) is 2.09. The Labute approximate surface area is 73.9 Å². The standard InChI is InChI=1S/C9H18N2O/c1-2-8-3-5-11-9(12-8)4-6-10-7-9/h8,10-11H,2-7H2,1H3. The Hall–Kier alpha value is -0.120. The first-order valence-electron chi connectivity index (χ1n) is 4.98. The van der Waals surface area contributed by atoms with Crippen LogP contribution in [0.3, 0.4) is 0 Å². The van der Waals surface area contributed by atoms with Crippen molar-refractivity contribution in [2.75, 3.05) is 19.6 Å². The van der Waals surface area contributed by atoms with Gasteiger partial charge in [-0.05, 0) is 19.4 Å². The van der Waals surface area contributed by atoms with Crippen LogP contribution < -0.4 is 10.6 Å². The molecule has 2 fully saturated rings. The lowest BCUT2D eigenvalue weighted by molar-refractivity contribution is -0.130. The van der Waals surface area contributed by atoms with Crippen molar-refractivity contribution in [3.8, 4) is 0 Å². The van der Waals surface area contributed by atoms with E-state index in [1.807, 2.05) is 0 Å². The molecule has 0 aliphatic carbocycles. The van der Waals surface area contributed by atoms with E-state index in [1.54, 1.807) is 0 Å². The minimum atomic E-state index is -0.0150. The molecule has 2 aliphatic rings. The second-order valence-corrected chi connectivity index (χ2v) is 3.78. The molecule has 2 heterocycles. The van der Waals surface area contributed by atoms with Gasteiger partial charge in [-0.2, -0.15) is 0 Å². The third kappa shape index (κ3) is 1.49. The Morgan fingerprint density at radius 2 is 2.42 bits per heavy atom. The lowest BCUT2D eigenvalue weighted by Gasteiger charge is -2.38. The van der Waals surface area contributed by atoms with E-state index in [0.717, 1.165) is 38.9 Å². The number of hydrogen-bond donors (Lipinski definition) is 2. The van der Waals surface area contributed by atoms with E-state index in [2.05, 4.69) is 17.6 Å². The lowest BCUT2D eigenvalue weighted by atomic mass is 10.1. The van der Waals surface area contributed by atoms with Crippen molar-refractivity contribution in [1.82, 2.24) is 10.6 Å². The van der Waals surface area contributed by atoms with Gasteiger partial charge in [0.1, 0.15) is 5.72 Å². The van der Waals surface area contributed by atoms with E-state index in [-0.39, 0.29) is 5.72 Å². The summed E-state index contributed by atoms with van der Waals surface area (Å²) >= 11 is 0. The smallest absolute Gasteiger partial charge is 0.133 e. The first-order valence-corrected chi connectivity index (χ1v) is 4.98. The van der Waals surface area contributed by atoms with E-state index in [0.29, 0.717) is 6.10 Å². The Balaban J connectivity index is 1.97. The maximum absolute atomic E-state index is 6.01. The van der Waals surface area contributed by atoms with Gasteiger partial charge in [-0.1, -0.05) is 6.92 Å². The summed E-state index contributed by atoms with van der Waals surface area (Å²) in [6.45, 7) is 5.37. The number of rotatable bonds is 1. The monoisotopic (exact) mass is 170 g/mol. The molecule has 2 atom stereocenters. The fourth-order valence-corrected chi connectivity index (χ4v) is 2.09. The molecule has 2 unspecified atom stereocenters. The maximum atomic E-state index is 6.01. The summed E-state index contributed by atoms with van der Waals surface area (Å²) in [5.41, 5.74) is -0.0150. The van der Waals surface area contributed by atoms with Crippen molar-refractivity contribution in [3.63, 3.8) is 0 Å². The predicted molar refractivity (Wildman–Crippen MR) is 48.0 cm³/mol. The highest BCUT2D eigenvalue weighted by Gasteiger charge is 2.38. The minimum Gasteiger partial charge on any atom is -0.356 e. The molecule has 2 aliphatic heterocycles. The minimum absolute atomic E-state index is 0.0150. The molecule has 2 rings (SSSR count). The van der Waals surface area contributed by atoms with Crippen molar-refractivity contribution in [2.45, 2.75) is 38.0 Å². The fraction of sp³-hybridized carbons (Fsp3) is 1.00. The van der Waals surface area contributed by atoms with Gasteiger partial charge in [0, 0.05) is 19.5 Å². The van der Waals surface area contributed by atoms with Crippen LogP contribution in [0.5, 0.6) is 0 Å². The molecule has 70 valence electrons. The van der Waals surface area contributed by atoms with E-state index < -0.39 is 0 Å². The Morgan fingerprint density at radius 3 is 3.08 bits per heavy atom. The highest BCUT2D eigenvalue weighted by Crippen LogP contribution is 2.24. The van der Waals surface area contributed by atoms with Crippen LogP contribution in [0.2, 0.25) is 0 Å². The molecule has 3 nitrogen and oxygen atoms in total. The predicted octanol–water partition coefficient (Wildman–Crippen LogP) is 0.464. The van der Waals surface area contributed by atoms with Crippen molar-refractivity contribution < 1.29 is 4.74 Å². The second-order valence-electron chi connectivity index (χ2n) is 3.78. The highest BCUT2D eigenvalue weighted by molar-refractivity contribution is 4.91. The van der Waals surface area contributed by atoms with Crippen LogP contribution in [0.15, 0.2) is 0 Å². The Kier molecular flexibility index (Phi) is 2.35. The van der Waals surface area contributed by atoms with Gasteiger partial charge in [0.2, 0.25) is 0 Å². The quantitative estimate of drug-likeness (QED) is 0.600. The average Bonchev–Trinajstić information content (AvgIpc) is 2.53. The second kappa shape index (κ2) is 3.32. The van der Waals surface area contributed by atoms with Gasteiger partial charge >= 0.3 is 0 Å². The van der Waals surface area contributed by atoms with Gasteiger partial charge in [0.25, 0.3) is 0 Å². The first kappa shape index (κ1) is 8.48. The molecule has 0 saturated carbocycles. The summed E-state index contributed by atoms with van der Waals surface area (Å²) in [6.07, 6.45) is 3.90. The van der Waals surface area contributed by atoms with Crippen LogP contribution in [-0.2, 0) is 4.74 Å². The molecule has 0 aromatic heterocycles. The summed E-state index contributed by atoms with van der Waals surface area (Å²) in [6, 6.07) is 0. The molecule has 0 bridgehead atoms.